The number of anilines is 16. The SMILES string of the molecule is CN(c1ccc(-c2ccccc2)cc1)c1ccc(N(c2ccccc2)c2ccccc2)cc1.CN(c1ccc2c(c1)-c1ccccc1C2(C)C)c1cccc2ccccc12.CN(c1ccccc1)c1ccc(N(c2ccccc2)c2ccccc2)cc1.CN(c1ccccc1)c1ccc2c(c1)-c1ccccc1C2(C)C.CN(c1ccccc1)c1cccc2c1-c1ccccc1C2(C)C. The summed E-state index contributed by atoms with van der Waals surface area (Å²) < 4.78 is 0. The lowest BCUT2D eigenvalue weighted by molar-refractivity contribution is 0.660. The van der Waals surface area contributed by atoms with Gasteiger partial charge in [-0.25, -0.2) is 0 Å². The van der Waals surface area contributed by atoms with E-state index in [0.29, 0.717) is 0 Å². The molecule has 652 valence electrons. The van der Waals surface area contributed by atoms with Gasteiger partial charge in [0.2, 0.25) is 0 Å². The van der Waals surface area contributed by atoms with Crippen molar-refractivity contribution >= 4 is 102 Å². The summed E-state index contributed by atoms with van der Waals surface area (Å²) in [5, 5.41) is 2.55. The van der Waals surface area contributed by atoms with E-state index in [2.05, 4.69) is 560 Å². The third-order valence-electron chi connectivity index (χ3n) is 26.8. The van der Waals surface area contributed by atoms with E-state index in [1.165, 1.54) is 128 Å². The molecule has 22 rings (SSSR count). The maximum atomic E-state index is 2.35. The first-order chi connectivity index (χ1) is 64.9. The predicted octanol–water partition coefficient (Wildman–Crippen LogP) is 34.0. The van der Waals surface area contributed by atoms with Crippen LogP contribution in [0, 0.1) is 0 Å². The molecule has 0 saturated heterocycles. The minimum absolute atomic E-state index is 0.0550. The molecule has 0 atom stereocenters. The largest absolute Gasteiger partial charge is 0.345 e. The molecule has 0 N–H and O–H groups in total. The first-order valence-electron chi connectivity index (χ1n) is 46.1. The Balaban J connectivity index is 0.000000112. The molecule has 0 saturated carbocycles. The molecule has 0 amide bonds. The van der Waals surface area contributed by atoms with Gasteiger partial charge in [-0.2, -0.15) is 0 Å². The maximum Gasteiger partial charge on any atom is 0.0491 e. The molecule has 0 aromatic heterocycles. The van der Waals surface area contributed by atoms with Crippen LogP contribution in [-0.4, -0.2) is 35.2 Å². The zero-order valence-corrected chi connectivity index (χ0v) is 77.8. The number of hydrogen-bond donors (Lipinski definition) is 0. The van der Waals surface area contributed by atoms with Crippen LogP contribution < -0.4 is 34.3 Å². The zero-order valence-electron chi connectivity index (χ0n) is 77.8. The zero-order chi connectivity index (χ0) is 91.6. The highest BCUT2D eigenvalue weighted by atomic mass is 15.2. The molecule has 0 radical (unpaired) electrons. The van der Waals surface area contributed by atoms with Crippen molar-refractivity contribution in [3.63, 3.8) is 0 Å². The highest BCUT2D eigenvalue weighted by Gasteiger charge is 2.39. The molecule has 0 bridgehead atoms. The summed E-state index contributed by atoms with van der Waals surface area (Å²) >= 11 is 0. The van der Waals surface area contributed by atoms with Crippen LogP contribution >= 0.6 is 0 Å². The molecule has 0 heterocycles. The molecule has 7 nitrogen and oxygen atoms in total. The lowest BCUT2D eigenvalue weighted by Crippen LogP contribution is -2.15. The molecule has 133 heavy (non-hydrogen) atoms. The monoisotopic (exact) mass is 1720 g/mol. The fourth-order valence-electron chi connectivity index (χ4n) is 19.4. The van der Waals surface area contributed by atoms with Gasteiger partial charge in [-0.15, -0.1) is 0 Å². The van der Waals surface area contributed by atoms with Crippen LogP contribution in [-0.2, 0) is 16.2 Å². The fourth-order valence-corrected chi connectivity index (χ4v) is 19.4. The summed E-state index contributed by atoms with van der Waals surface area (Å²) in [4.78, 5) is 15.8. The maximum absolute atomic E-state index is 2.35. The van der Waals surface area contributed by atoms with E-state index in [1.54, 1.807) is 0 Å². The minimum atomic E-state index is 0.0550. The van der Waals surface area contributed by atoms with E-state index >= 15 is 0 Å². The van der Waals surface area contributed by atoms with Crippen molar-refractivity contribution in [1.82, 2.24) is 0 Å². The lowest BCUT2D eigenvalue weighted by Gasteiger charge is -2.26. The summed E-state index contributed by atoms with van der Waals surface area (Å²) in [5.41, 5.74) is 38.2. The van der Waals surface area contributed by atoms with Gasteiger partial charge in [-0.05, 0) is 260 Å². The summed E-state index contributed by atoms with van der Waals surface area (Å²) in [6, 6.07) is 172. The number of para-hydroxylation sites is 7. The second-order valence-corrected chi connectivity index (χ2v) is 35.9. The average molecular weight is 1730 g/mol. The van der Waals surface area contributed by atoms with Gasteiger partial charge in [0.1, 0.15) is 0 Å². The van der Waals surface area contributed by atoms with Crippen molar-refractivity contribution < 1.29 is 0 Å². The van der Waals surface area contributed by atoms with E-state index in [4.69, 9.17) is 0 Å². The van der Waals surface area contributed by atoms with E-state index < -0.39 is 0 Å². The average Bonchev–Trinajstić information content (AvgIpc) is 1.57. The quantitative estimate of drug-likeness (QED) is 0.0895. The molecule has 19 aromatic carbocycles. The highest BCUT2D eigenvalue weighted by Crippen LogP contribution is 2.55. The Labute approximate surface area is 787 Å². The summed E-state index contributed by atoms with van der Waals surface area (Å²) in [6.07, 6.45) is 0. The number of hydrogen-bond acceptors (Lipinski definition) is 7. The minimum Gasteiger partial charge on any atom is -0.345 e. The van der Waals surface area contributed by atoms with Gasteiger partial charge in [0, 0.05) is 153 Å². The Kier molecular flexibility index (Phi) is 25.6. The third-order valence-corrected chi connectivity index (χ3v) is 26.8. The summed E-state index contributed by atoms with van der Waals surface area (Å²) in [7, 11) is 10.6. The fraction of sp³-hybridized carbons (Fsp3) is 0.111. The number of nitrogens with zero attached hydrogens (tertiary/aromatic N) is 7. The van der Waals surface area contributed by atoms with Crippen molar-refractivity contribution in [2.45, 2.75) is 57.8 Å². The smallest absolute Gasteiger partial charge is 0.0491 e. The second kappa shape index (κ2) is 38.8. The molecule has 0 spiro atoms. The predicted molar refractivity (Wildman–Crippen MR) is 570 cm³/mol. The van der Waals surface area contributed by atoms with Crippen LogP contribution in [0.1, 0.15) is 74.9 Å². The Morgan fingerprint density at radius 1 is 0.158 bits per heavy atom. The van der Waals surface area contributed by atoms with Gasteiger partial charge < -0.3 is 34.3 Å². The summed E-state index contributed by atoms with van der Waals surface area (Å²) in [5.74, 6) is 0. The van der Waals surface area contributed by atoms with E-state index in [0.717, 1.165) is 51.2 Å². The molecule has 0 aliphatic heterocycles. The molecule has 19 aromatic rings. The van der Waals surface area contributed by atoms with Crippen LogP contribution in [0.4, 0.5) is 91.0 Å². The molecular formula is C126H113N7. The van der Waals surface area contributed by atoms with E-state index in [9.17, 15) is 0 Å². The molecule has 3 aliphatic rings. The Hall–Kier alpha value is -16.0. The van der Waals surface area contributed by atoms with Gasteiger partial charge in [0.25, 0.3) is 0 Å². The van der Waals surface area contributed by atoms with Crippen molar-refractivity contribution in [1.29, 1.82) is 0 Å². The molecule has 0 unspecified atom stereocenters. The third kappa shape index (κ3) is 18.2. The van der Waals surface area contributed by atoms with Crippen LogP contribution in [0.5, 0.6) is 0 Å². The van der Waals surface area contributed by atoms with Gasteiger partial charge in [0.05, 0.1) is 0 Å². The van der Waals surface area contributed by atoms with Gasteiger partial charge in [0.15, 0.2) is 0 Å². The Morgan fingerprint density at radius 2 is 0.398 bits per heavy atom. The van der Waals surface area contributed by atoms with Crippen molar-refractivity contribution in [3.05, 3.63) is 519 Å². The highest BCUT2D eigenvalue weighted by molar-refractivity contribution is 5.97. The van der Waals surface area contributed by atoms with Gasteiger partial charge in [-0.3, -0.25) is 0 Å². The number of fused-ring (bicyclic) bond motifs is 10. The van der Waals surface area contributed by atoms with Crippen LogP contribution in [0.15, 0.2) is 485 Å². The van der Waals surface area contributed by atoms with Crippen LogP contribution in [0.25, 0.3) is 55.3 Å². The molecule has 0 fully saturated rings. The number of benzene rings is 19. The molecule has 7 heteroatoms. The normalized spacial score (nSPS) is 12.5. The Morgan fingerprint density at radius 3 is 0.820 bits per heavy atom. The van der Waals surface area contributed by atoms with Crippen molar-refractivity contribution in [3.8, 4) is 44.5 Å². The van der Waals surface area contributed by atoms with Gasteiger partial charge in [-0.1, -0.05) is 345 Å². The van der Waals surface area contributed by atoms with Crippen LogP contribution in [0.2, 0.25) is 0 Å². The number of rotatable bonds is 17. The standard InChI is InChI=1S/C31H26N2.C26H23N.C25H22N2.2C22H21N/c1-32(27-19-17-26(18-20-27)25-11-5-2-6-12-25)28-21-23-31(24-22-28)33(29-13-7-3-8-14-29)30-15-9-4-10-16-30;1-26(2)23-13-7-6-12-21(23)22-17-19(15-16-24(22)26)27(3)25-14-8-10-18-9-4-5-11-20(18)25;1-26(21-11-5-2-6-12-21)22-17-19-25(20-18-22)27(23-13-7-3-8-14-23)24-15-9-4-10-16-24;1-22(2)18-13-8-7-12-17(18)21-19(22)14-9-15-20(21)23(3)16-10-5-4-6-11-16;1-22(2)20-12-8-7-11-18(20)19-15-17(13-14-21(19)22)23(3)16-9-5-4-6-10-16/h2-24H,1H3;4-17H,1-3H3;2-20H,1H3;2*4-15H,1-3H3. The van der Waals surface area contributed by atoms with Crippen molar-refractivity contribution in [2.24, 2.45) is 0 Å². The van der Waals surface area contributed by atoms with E-state index in [-0.39, 0.29) is 16.2 Å². The second-order valence-electron chi connectivity index (χ2n) is 35.9. The first-order valence-corrected chi connectivity index (χ1v) is 46.1. The lowest BCUT2D eigenvalue weighted by atomic mass is 9.82. The molecule has 3 aliphatic carbocycles. The topological polar surface area (TPSA) is 22.7 Å². The summed E-state index contributed by atoms with van der Waals surface area (Å²) in [6.45, 7) is 13.9. The molecular weight excluding hydrogens is 1610 g/mol. The van der Waals surface area contributed by atoms with Crippen molar-refractivity contribution in [2.75, 3.05) is 69.5 Å². The first kappa shape index (κ1) is 87.7. The Bertz CT molecular complexity index is 7050. The van der Waals surface area contributed by atoms with Gasteiger partial charge >= 0.3 is 0 Å². The van der Waals surface area contributed by atoms with E-state index in [1.807, 2.05) is 36.4 Å². The van der Waals surface area contributed by atoms with Crippen LogP contribution in [0.3, 0.4) is 0 Å².